The van der Waals surface area contributed by atoms with Crippen molar-refractivity contribution in [3.05, 3.63) is 44.2 Å². The van der Waals surface area contributed by atoms with E-state index in [0.29, 0.717) is 30.0 Å². The van der Waals surface area contributed by atoms with Crippen LogP contribution in [0.1, 0.15) is 23.5 Å². The number of aryl methyl sites for hydroxylation is 1. The summed E-state index contributed by atoms with van der Waals surface area (Å²) in [5, 5.41) is 9.13. The molecule has 0 unspecified atom stereocenters. The number of carbonyl (C=O) groups excluding carboxylic acids is 1. The van der Waals surface area contributed by atoms with E-state index in [0.717, 1.165) is 0 Å². The lowest BCUT2D eigenvalue weighted by molar-refractivity contribution is -0.121. The van der Waals surface area contributed by atoms with E-state index in [1.165, 1.54) is 6.33 Å². The van der Waals surface area contributed by atoms with Gasteiger partial charge >= 0.3 is 5.69 Å². The average molecular weight is 292 g/mol. The molecule has 2 aromatic heterocycles. The maximum atomic E-state index is 11.7. The average Bonchev–Trinajstić information content (AvgIpc) is 2.90. The van der Waals surface area contributed by atoms with Gasteiger partial charge in [-0.15, -0.1) is 0 Å². The quantitative estimate of drug-likeness (QED) is 0.529. The summed E-state index contributed by atoms with van der Waals surface area (Å²) in [6, 6.07) is 0. The number of nitrogens with one attached hydrogen (secondary N) is 4. The van der Waals surface area contributed by atoms with Crippen LogP contribution in [-0.2, 0) is 17.6 Å². The van der Waals surface area contributed by atoms with Gasteiger partial charge in [-0.1, -0.05) is 0 Å². The van der Waals surface area contributed by atoms with Crippen LogP contribution in [0, 0.1) is 6.92 Å². The molecule has 9 nitrogen and oxygen atoms in total. The Morgan fingerprint density at radius 1 is 1.29 bits per heavy atom. The Bertz CT molecular complexity index is 715. The molecule has 0 bridgehead atoms. The summed E-state index contributed by atoms with van der Waals surface area (Å²) in [6.45, 7) is 2.07. The number of rotatable bonds is 6. The van der Waals surface area contributed by atoms with Crippen molar-refractivity contribution < 1.29 is 4.79 Å². The van der Waals surface area contributed by atoms with Gasteiger partial charge in [0.25, 0.3) is 5.56 Å². The summed E-state index contributed by atoms with van der Waals surface area (Å²) in [5.41, 5.74) is -0.0957. The Morgan fingerprint density at radius 3 is 2.76 bits per heavy atom. The minimum Gasteiger partial charge on any atom is -0.356 e. The summed E-state index contributed by atoms with van der Waals surface area (Å²) in [5.74, 6) is 0.530. The molecule has 0 aliphatic rings. The molecular formula is C12H16N6O3. The highest BCUT2D eigenvalue weighted by Gasteiger charge is 2.09. The fourth-order valence-electron chi connectivity index (χ4n) is 1.93. The zero-order valence-corrected chi connectivity index (χ0v) is 11.5. The fraction of sp³-hybridized carbons (Fsp3) is 0.417. The minimum atomic E-state index is -0.544. The molecule has 0 fully saturated rings. The molecule has 112 valence electrons. The van der Waals surface area contributed by atoms with E-state index >= 15 is 0 Å². The number of amides is 1. The lowest BCUT2D eigenvalue weighted by Gasteiger charge is -2.05. The van der Waals surface area contributed by atoms with E-state index in [1.807, 2.05) is 0 Å². The first-order valence-corrected chi connectivity index (χ1v) is 6.49. The van der Waals surface area contributed by atoms with Crippen LogP contribution in [0.25, 0.3) is 0 Å². The van der Waals surface area contributed by atoms with Gasteiger partial charge in [-0.2, -0.15) is 5.10 Å². The Labute approximate surface area is 119 Å². The first kappa shape index (κ1) is 14.7. The van der Waals surface area contributed by atoms with Gasteiger partial charge in [-0.25, -0.2) is 9.78 Å². The summed E-state index contributed by atoms with van der Waals surface area (Å²) < 4.78 is 0. The number of H-pyrrole nitrogens is 3. The first-order valence-electron chi connectivity index (χ1n) is 6.49. The highest BCUT2D eigenvalue weighted by Crippen LogP contribution is 1.99. The van der Waals surface area contributed by atoms with Gasteiger partial charge in [0.1, 0.15) is 12.2 Å². The molecule has 0 saturated carbocycles. The predicted molar refractivity (Wildman–Crippen MR) is 73.8 cm³/mol. The van der Waals surface area contributed by atoms with Crippen molar-refractivity contribution in [3.8, 4) is 0 Å². The van der Waals surface area contributed by atoms with Gasteiger partial charge in [0, 0.05) is 30.6 Å². The van der Waals surface area contributed by atoms with E-state index in [1.54, 1.807) is 6.92 Å². The molecule has 4 N–H and O–H groups in total. The summed E-state index contributed by atoms with van der Waals surface area (Å²) in [4.78, 5) is 43.0. The van der Waals surface area contributed by atoms with Crippen LogP contribution in [0.4, 0.5) is 0 Å². The van der Waals surface area contributed by atoms with Gasteiger partial charge in [0.05, 0.1) is 0 Å². The first-order chi connectivity index (χ1) is 10.1. The molecule has 0 aliphatic carbocycles. The molecule has 2 aromatic rings. The second-order valence-corrected chi connectivity index (χ2v) is 4.54. The summed E-state index contributed by atoms with van der Waals surface area (Å²) >= 11 is 0. The number of nitrogens with zero attached hydrogens (tertiary/aromatic N) is 2. The molecule has 1 amide bonds. The predicted octanol–water partition coefficient (Wildman–Crippen LogP) is -1.22. The van der Waals surface area contributed by atoms with Crippen LogP contribution < -0.4 is 16.6 Å². The van der Waals surface area contributed by atoms with E-state index in [4.69, 9.17) is 0 Å². The van der Waals surface area contributed by atoms with Crippen molar-refractivity contribution in [3.63, 3.8) is 0 Å². The maximum absolute atomic E-state index is 11.7. The summed E-state index contributed by atoms with van der Waals surface area (Å²) in [7, 11) is 0. The van der Waals surface area contributed by atoms with E-state index < -0.39 is 11.2 Å². The van der Waals surface area contributed by atoms with Gasteiger partial charge in [0.2, 0.25) is 5.91 Å². The Morgan fingerprint density at radius 2 is 2.10 bits per heavy atom. The van der Waals surface area contributed by atoms with Crippen molar-refractivity contribution >= 4 is 5.91 Å². The normalized spacial score (nSPS) is 10.5. The molecule has 0 aromatic carbocycles. The number of aromatic amines is 3. The SMILES string of the molecule is Cc1[nH]c(=O)[nH]c(=O)c1CCC(=O)NCCc1ncn[nH]1. The smallest absolute Gasteiger partial charge is 0.325 e. The monoisotopic (exact) mass is 292 g/mol. The van der Waals surface area contributed by atoms with Gasteiger partial charge < -0.3 is 10.3 Å². The molecule has 0 saturated heterocycles. The lowest BCUT2D eigenvalue weighted by Crippen LogP contribution is -2.30. The molecule has 0 radical (unpaired) electrons. The van der Waals surface area contributed by atoms with Crippen molar-refractivity contribution in [2.24, 2.45) is 0 Å². The Kier molecular flexibility index (Phi) is 4.64. The molecule has 21 heavy (non-hydrogen) atoms. The molecule has 0 aliphatic heterocycles. The lowest BCUT2D eigenvalue weighted by atomic mass is 10.1. The molecule has 9 heteroatoms. The standard InChI is InChI=1S/C12H16N6O3/c1-7-8(11(20)17-12(21)16-7)2-3-10(19)13-5-4-9-14-6-15-18-9/h6H,2-5H2,1H3,(H,13,19)(H,14,15,18)(H2,16,17,20,21). The Balaban J connectivity index is 1.81. The van der Waals surface area contributed by atoms with Gasteiger partial charge in [-0.3, -0.25) is 19.7 Å². The largest absolute Gasteiger partial charge is 0.356 e. The second kappa shape index (κ2) is 6.64. The molecule has 0 spiro atoms. The van der Waals surface area contributed by atoms with E-state index in [-0.39, 0.29) is 18.7 Å². The highest BCUT2D eigenvalue weighted by molar-refractivity contribution is 5.76. The van der Waals surface area contributed by atoms with Crippen LogP contribution in [0.15, 0.2) is 15.9 Å². The topological polar surface area (TPSA) is 136 Å². The van der Waals surface area contributed by atoms with Crippen LogP contribution in [0.5, 0.6) is 0 Å². The number of carbonyl (C=O) groups is 1. The van der Waals surface area contributed by atoms with Crippen molar-refractivity contribution in [2.45, 2.75) is 26.2 Å². The molecular weight excluding hydrogens is 276 g/mol. The van der Waals surface area contributed by atoms with Gasteiger partial charge in [0.15, 0.2) is 0 Å². The third-order valence-corrected chi connectivity index (χ3v) is 3.01. The van der Waals surface area contributed by atoms with Crippen LogP contribution >= 0.6 is 0 Å². The molecule has 2 heterocycles. The van der Waals surface area contributed by atoms with Crippen molar-refractivity contribution in [1.29, 1.82) is 0 Å². The van der Waals surface area contributed by atoms with Crippen LogP contribution in [0.2, 0.25) is 0 Å². The molecule has 2 rings (SSSR count). The van der Waals surface area contributed by atoms with Crippen LogP contribution in [-0.4, -0.2) is 37.6 Å². The number of hydrogen-bond acceptors (Lipinski definition) is 5. The highest BCUT2D eigenvalue weighted by atomic mass is 16.2. The Hall–Kier alpha value is -2.71. The summed E-state index contributed by atoms with van der Waals surface area (Å²) in [6.07, 6.45) is 2.41. The van der Waals surface area contributed by atoms with Gasteiger partial charge in [-0.05, 0) is 13.3 Å². The van der Waals surface area contributed by atoms with E-state index in [9.17, 15) is 14.4 Å². The number of aromatic nitrogens is 5. The zero-order chi connectivity index (χ0) is 15.2. The van der Waals surface area contributed by atoms with E-state index in [2.05, 4.69) is 30.5 Å². The number of hydrogen-bond donors (Lipinski definition) is 4. The van der Waals surface area contributed by atoms with Crippen molar-refractivity contribution in [2.75, 3.05) is 6.54 Å². The minimum absolute atomic E-state index is 0.167. The molecule has 0 atom stereocenters. The zero-order valence-electron chi connectivity index (χ0n) is 11.5. The maximum Gasteiger partial charge on any atom is 0.325 e. The third-order valence-electron chi connectivity index (χ3n) is 3.01. The fourth-order valence-corrected chi connectivity index (χ4v) is 1.93. The van der Waals surface area contributed by atoms with Crippen LogP contribution in [0.3, 0.4) is 0 Å². The second-order valence-electron chi connectivity index (χ2n) is 4.54. The van der Waals surface area contributed by atoms with Crippen molar-refractivity contribution in [1.82, 2.24) is 30.5 Å². The third kappa shape index (κ3) is 4.13.